The van der Waals surface area contributed by atoms with Crippen LogP contribution in [0.4, 0.5) is 0 Å². The Morgan fingerprint density at radius 1 is 1.16 bits per heavy atom. The van der Waals surface area contributed by atoms with Gasteiger partial charge in [-0.15, -0.1) is 0 Å². The molecule has 2 amide bonds. The number of likely N-dealkylation sites (tertiary alicyclic amines) is 2. The zero-order valence-corrected chi connectivity index (χ0v) is 19.6. The molecule has 2 saturated heterocycles. The van der Waals surface area contributed by atoms with Gasteiger partial charge in [0, 0.05) is 39.1 Å². The van der Waals surface area contributed by atoms with E-state index < -0.39 is 0 Å². The number of ether oxygens (including phenoxy) is 1. The second kappa shape index (κ2) is 11.0. The minimum atomic E-state index is -0.368. The van der Waals surface area contributed by atoms with E-state index in [-0.39, 0.29) is 23.8 Å². The summed E-state index contributed by atoms with van der Waals surface area (Å²) in [5.41, 5.74) is 1.16. The van der Waals surface area contributed by atoms with Crippen molar-refractivity contribution >= 4 is 11.8 Å². The van der Waals surface area contributed by atoms with Crippen LogP contribution in [0.15, 0.2) is 24.3 Å². The normalized spacial score (nSPS) is 22.9. The van der Waals surface area contributed by atoms with E-state index >= 15 is 0 Å². The molecule has 1 N–H and O–H groups in total. The molecule has 2 aliphatic heterocycles. The van der Waals surface area contributed by atoms with Gasteiger partial charge in [0.05, 0.1) is 0 Å². The van der Waals surface area contributed by atoms with Gasteiger partial charge in [0.1, 0.15) is 18.4 Å². The molecular weight excluding hydrogens is 390 g/mol. The monoisotopic (exact) mass is 429 g/mol. The first-order chi connectivity index (χ1) is 14.8. The largest absolute Gasteiger partial charge is 0.492 e. The first-order valence-corrected chi connectivity index (χ1v) is 11.9. The fourth-order valence-corrected chi connectivity index (χ4v) is 4.68. The maximum Gasteiger partial charge on any atom is 0.243 e. The van der Waals surface area contributed by atoms with Crippen molar-refractivity contribution in [1.82, 2.24) is 15.1 Å². The number of carbonyl (C=O) groups excluding carboxylic acids is 2. The van der Waals surface area contributed by atoms with Gasteiger partial charge in [0.15, 0.2) is 0 Å². The highest BCUT2D eigenvalue weighted by Crippen LogP contribution is 2.22. The molecule has 0 aromatic heterocycles. The molecule has 1 aromatic rings. The molecule has 0 bridgehead atoms. The summed E-state index contributed by atoms with van der Waals surface area (Å²) in [5.74, 6) is 2.58. The molecule has 31 heavy (non-hydrogen) atoms. The van der Waals surface area contributed by atoms with Crippen molar-refractivity contribution in [3.05, 3.63) is 29.8 Å². The Kier molecular flexibility index (Phi) is 8.35. The molecule has 3 rings (SSSR count). The van der Waals surface area contributed by atoms with Crippen molar-refractivity contribution in [3.63, 3.8) is 0 Å². The van der Waals surface area contributed by atoms with E-state index in [1.807, 2.05) is 26.0 Å². The lowest BCUT2D eigenvalue weighted by Crippen LogP contribution is -2.50. The summed E-state index contributed by atoms with van der Waals surface area (Å²) >= 11 is 0. The van der Waals surface area contributed by atoms with Gasteiger partial charge in [-0.1, -0.05) is 39.8 Å². The highest BCUT2D eigenvalue weighted by atomic mass is 16.5. The lowest BCUT2D eigenvalue weighted by Gasteiger charge is -2.29. The van der Waals surface area contributed by atoms with Crippen LogP contribution in [-0.4, -0.2) is 67.0 Å². The standard InChI is InChI=1S/C25H39N3O3/c1-18(2)24(28-13-5-6-23(28)29)25(30)26-12-11-21-7-9-22(10-8-21)31-15-14-27-16-19(3)20(4)17-27/h7-10,18-20,24H,5-6,11-17H2,1-4H3,(H,26,30). The van der Waals surface area contributed by atoms with Crippen molar-refractivity contribution < 1.29 is 14.3 Å². The Morgan fingerprint density at radius 2 is 1.84 bits per heavy atom. The van der Waals surface area contributed by atoms with Crippen molar-refractivity contribution in [1.29, 1.82) is 0 Å². The van der Waals surface area contributed by atoms with E-state index in [9.17, 15) is 9.59 Å². The molecule has 2 fully saturated rings. The van der Waals surface area contributed by atoms with Crippen LogP contribution in [0.5, 0.6) is 5.75 Å². The molecule has 3 unspecified atom stereocenters. The second-order valence-electron chi connectivity index (χ2n) is 9.63. The fourth-order valence-electron chi connectivity index (χ4n) is 4.68. The SMILES string of the molecule is CC(C)C(C(=O)NCCc1ccc(OCCN2CC(C)C(C)C2)cc1)N1CCCC1=O. The Bertz CT molecular complexity index is 724. The van der Waals surface area contributed by atoms with Crippen LogP contribution < -0.4 is 10.1 Å². The van der Waals surface area contributed by atoms with Crippen molar-refractivity contribution in [2.45, 2.75) is 53.0 Å². The molecule has 2 heterocycles. The van der Waals surface area contributed by atoms with E-state index in [0.29, 0.717) is 26.1 Å². The van der Waals surface area contributed by atoms with E-state index in [1.165, 1.54) is 13.1 Å². The topological polar surface area (TPSA) is 61.9 Å². The zero-order valence-electron chi connectivity index (χ0n) is 19.6. The highest BCUT2D eigenvalue weighted by molar-refractivity contribution is 5.88. The Balaban J connectivity index is 1.38. The quantitative estimate of drug-likeness (QED) is 0.621. The minimum absolute atomic E-state index is 0.0456. The van der Waals surface area contributed by atoms with Crippen LogP contribution in [0.2, 0.25) is 0 Å². The van der Waals surface area contributed by atoms with E-state index in [4.69, 9.17) is 4.74 Å². The van der Waals surface area contributed by atoms with Crippen molar-refractivity contribution in [2.24, 2.45) is 17.8 Å². The highest BCUT2D eigenvalue weighted by Gasteiger charge is 2.34. The smallest absolute Gasteiger partial charge is 0.243 e. The molecular formula is C25H39N3O3. The average Bonchev–Trinajstić information content (AvgIpc) is 3.28. The van der Waals surface area contributed by atoms with Gasteiger partial charge >= 0.3 is 0 Å². The van der Waals surface area contributed by atoms with E-state index in [2.05, 4.69) is 36.2 Å². The average molecular weight is 430 g/mol. The number of carbonyl (C=O) groups is 2. The second-order valence-corrected chi connectivity index (χ2v) is 9.63. The summed E-state index contributed by atoms with van der Waals surface area (Å²) in [4.78, 5) is 29.0. The van der Waals surface area contributed by atoms with Crippen LogP contribution in [0.3, 0.4) is 0 Å². The molecule has 3 atom stereocenters. The third kappa shape index (κ3) is 6.45. The number of rotatable bonds is 10. The van der Waals surface area contributed by atoms with Gasteiger partial charge in [-0.05, 0) is 48.3 Å². The lowest BCUT2D eigenvalue weighted by molar-refractivity contribution is -0.139. The Hall–Kier alpha value is -2.08. The molecule has 2 aliphatic rings. The van der Waals surface area contributed by atoms with Crippen LogP contribution in [0.1, 0.15) is 46.1 Å². The maximum atomic E-state index is 12.7. The molecule has 0 saturated carbocycles. The third-order valence-corrected chi connectivity index (χ3v) is 6.72. The predicted molar refractivity (Wildman–Crippen MR) is 123 cm³/mol. The van der Waals surface area contributed by atoms with Crippen LogP contribution in [0.25, 0.3) is 0 Å². The maximum absolute atomic E-state index is 12.7. The molecule has 172 valence electrons. The van der Waals surface area contributed by atoms with Gasteiger partial charge in [-0.3, -0.25) is 14.5 Å². The van der Waals surface area contributed by atoms with Gasteiger partial charge in [-0.2, -0.15) is 0 Å². The number of nitrogens with one attached hydrogen (secondary N) is 1. The molecule has 6 nitrogen and oxygen atoms in total. The molecule has 0 spiro atoms. The van der Waals surface area contributed by atoms with Gasteiger partial charge < -0.3 is 15.0 Å². The first kappa shape index (κ1) is 23.6. The number of nitrogens with zero attached hydrogens (tertiary/aromatic N) is 2. The fraction of sp³-hybridized carbons (Fsp3) is 0.680. The number of benzene rings is 1. The summed E-state index contributed by atoms with van der Waals surface area (Å²) < 4.78 is 5.91. The number of hydrogen-bond donors (Lipinski definition) is 1. The summed E-state index contributed by atoms with van der Waals surface area (Å²) in [5, 5.41) is 3.03. The minimum Gasteiger partial charge on any atom is -0.492 e. The summed E-state index contributed by atoms with van der Waals surface area (Å²) in [7, 11) is 0. The molecule has 1 aromatic carbocycles. The van der Waals surface area contributed by atoms with Crippen molar-refractivity contribution in [2.75, 3.05) is 39.3 Å². The van der Waals surface area contributed by atoms with E-state index in [0.717, 1.165) is 42.5 Å². The summed E-state index contributed by atoms with van der Waals surface area (Å²) in [6, 6.07) is 7.77. The van der Waals surface area contributed by atoms with Gasteiger partial charge in [0.2, 0.25) is 11.8 Å². The van der Waals surface area contributed by atoms with Crippen LogP contribution in [-0.2, 0) is 16.0 Å². The summed E-state index contributed by atoms with van der Waals surface area (Å²) in [6.07, 6.45) is 2.16. The lowest BCUT2D eigenvalue weighted by atomic mass is 10.0. The van der Waals surface area contributed by atoms with Crippen molar-refractivity contribution in [3.8, 4) is 5.75 Å². The first-order valence-electron chi connectivity index (χ1n) is 11.9. The molecule has 6 heteroatoms. The summed E-state index contributed by atoms with van der Waals surface area (Å²) in [6.45, 7) is 13.9. The third-order valence-electron chi connectivity index (χ3n) is 6.72. The zero-order chi connectivity index (χ0) is 22.4. The Morgan fingerprint density at radius 3 is 2.42 bits per heavy atom. The number of hydrogen-bond acceptors (Lipinski definition) is 4. The molecule has 0 radical (unpaired) electrons. The van der Waals surface area contributed by atoms with Gasteiger partial charge in [-0.25, -0.2) is 0 Å². The molecule has 0 aliphatic carbocycles. The number of amides is 2. The van der Waals surface area contributed by atoms with Crippen LogP contribution in [0, 0.1) is 17.8 Å². The Labute approximate surface area is 187 Å². The van der Waals surface area contributed by atoms with Gasteiger partial charge in [0.25, 0.3) is 0 Å². The van der Waals surface area contributed by atoms with Crippen LogP contribution >= 0.6 is 0 Å². The van der Waals surface area contributed by atoms with E-state index in [1.54, 1.807) is 4.90 Å². The predicted octanol–water partition coefficient (Wildman–Crippen LogP) is 2.96.